The van der Waals surface area contributed by atoms with Crippen molar-refractivity contribution in [3.05, 3.63) is 84.1 Å². The lowest BCUT2D eigenvalue weighted by Crippen LogP contribution is -2.17. The predicted octanol–water partition coefficient (Wildman–Crippen LogP) is 3.84. The van der Waals surface area contributed by atoms with Crippen LogP contribution in [0.25, 0.3) is 0 Å². The van der Waals surface area contributed by atoms with E-state index in [4.69, 9.17) is 0 Å². The van der Waals surface area contributed by atoms with Gasteiger partial charge in [-0.25, -0.2) is 4.98 Å². The van der Waals surface area contributed by atoms with Crippen LogP contribution in [0.2, 0.25) is 0 Å². The maximum atomic E-state index is 12.3. The van der Waals surface area contributed by atoms with Crippen LogP contribution in [0.5, 0.6) is 0 Å². The molecule has 1 heterocycles. The molecule has 0 bridgehead atoms. The Bertz CT molecular complexity index is 895. The summed E-state index contributed by atoms with van der Waals surface area (Å²) in [7, 11) is 1.58. The van der Waals surface area contributed by atoms with E-state index < -0.39 is 0 Å². The normalized spacial score (nSPS) is 10.2. The average molecular weight is 363 g/mol. The Morgan fingerprint density at radius 1 is 0.846 bits per heavy atom. The molecule has 0 fully saturated rings. The maximum Gasteiger partial charge on any atom is 0.255 e. The molecule has 0 saturated heterocycles. The summed E-state index contributed by atoms with van der Waals surface area (Å²) >= 11 is 1.54. The Balaban J connectivity index is 1.63. The summed E-state index contributed by atoms with van der Waals surface area (Å²) in [6.07, 6.45) is 1.75. The van der Waals surface area contributed by atoms with Crippen LogP contribution < -0.4 is 10.6 Å². The zero-order chi connectivity index (χ0) is 18.4. The number of carbonyl (C=O) groups excluding carboxylic acids is 2. The van der Waals surface area contributed by atoms with Crippen molar-refractivity contribution in [1.29, 1.82) is 0 Å². The Labute approximate surface area is 155 Å². The van der Waals surface area contributed by atoms with Crippen LogP contribution in [0.3, 0.4) is 0 Å². The highest BCUT2D eigenvalue weighted by Gasteiger charge is 2.08. The van der Waals surface area contributed by atoms with Crippen molar-refractivity contribution in [2.75, 3.05) is 12.4 Å². The number of anilines is 1. The monoisotopic (exact) mass is 363 g/mol. The van der Waals surface area contributed by atoms with Gasteiger partial charge < -0.3 is 10.6 Å². The fourth-order valence-electron chi connectivity index (χ4n) is 2.26. The van der Waals surface area contributed by atoms with Gasteiger partial charge in [0.1, 0.15) is 5.03 Å². The largest absolute Gasteiger partial charge is 0.355 e. The van der Waals surface area contributed by atoms with E-state index in [0.29, 0.717) is 16.8 Å². The average Bonchev–Trinajstić information content (AvgIpc) is 2.69. The van der Waals surface area contributed by atoms with E-state index in [0.717, 1.165) is 9.92 Å². The third-order valence-corrected chi connectivity index (χ3v) is 4.57. The smallest absolute Gasteiger partial charge is 0.255 e. The third kappa shape index (κ3) is 4.49. The highest BCUT2D eigenvalue weighted by molar-refractivity contribution is 7.99. The van der Waals surface area contributed by atoms with Crippen LogP contribution in [0.15, 0.2) is 82.8 Å². The van der Waals surface area contributed by atoms with Gasteiger partial charge in [0.2, 0.25) is 0 Å². The Hall–Kier alpha value is -3.12. The van der Waals surface area contributed by atoms with Crippen LogP contribution in [0, 0.1) is 0 Å². The molecule has 2 aromatic carbocycles. The molecule has 0 spiro atoms. The Morgan fingerprint density at radius 3 is 2.12 bits per heavy atom. The number of hydrogen-bond donors (Lipinski definition) is 2. The summed E-state index contributed by atoms with van der Waals surface area (Å²) in [5.74, 6) is -0.365. The summed E-state index contributed by atoms with van der Waals surface area (Å²) in [6, 6.07) is 19.8. The Morgan fingerprint density at radius 2 is 1.50 bits per heavy atom. The molecule has 0 unspecified atom stereocenters. The standard InChI is InChI=1S/C20H17N3O2S/c1-21-19(24)14-5-9-16(10-6-14)23-20(25)15-7-11-17(12-8-15)26-18-4-2-3-13-22-18/h2-13H,1H3,(H,21,24)(H,23,25). The number of amides is 2. The first-order chi connectivity index (χ1) is 12.7. The van der Waals surface area contributed by atoms with Crippen molar-refractivity contribution in [3.63, 3.8) is 0 Å². The van der Waals surface area contributed by atoms with Gasteiger partial charge in [-0.3, -0.25) is 9.59 Å². The number of nitrogens with zero attached hydrogens (tertiary/aromatic N) is 1. The Kier molecular flexibility index (Phi) is 5.66. The second kappa shape index (κ2) is 8.31. The number of carbonyl (C=O) groups is 2. The lowest BCUT2D eigenvalue weighted by atomic mass is 10.1. The highest BCUT2D eigenvalue weighted by Crippen LogP contribution is 2.25. The topological polar surface area (TPSA) is 71.1 Å². The third-order valence-electron chi connectivity index (χ3n) is 3.61. The molecule has 0 saturated carbocycles. The molecule has 26 heavy (non-hydrogen) atoms. The van der Waals surface area contributed by atoms with Crippen LogP contribution in [0.4, 0.5) is 5.69 Å². The van der Waals surface area contributed by atoms with E-state index in [1.165, 1.54) is 11.8 Å². The van der Waals surface area contributed by atoms with Gasteiger partial charge in [0.25, 0.3) is 11.8 Å². The molecule has 5 nitrogen and oxygen atoms in total. The zero-order valence-corrected chi connectivity index (χ0v) is 14.9. The predicted molar refractivity (Wildman–Crippen MR) is 103 cm³/mol. The molecule has 130 valence electrons. The molecule has 6 heteroatoms. The molecule has 0 atom stereocenters. The minimum atomic E-state index is -0.202. The van der Waals surface area contributed by atoms with Crippen LogP contribution in [-0.2, 0) is 0 Å². The number of pyridine rings is 1. The first-order valence-electron chi connectivity index (χ1n) is 7.98. The summed E-state index contributed by atoms with van der Waals surface area (Å²) in [6.45, 7) is 0. The van der Waals surface area contributed by atoms with Crippen molar-refractivity contribution < 1.29 is 9.59 Å². The first kappa shape index (κ1) is 17.7. The summed E-state index contributed by atoms with van der Waals surface area (Å²) in [5.41, 5.74) is 1.74. The van der Waals surface area contributed by atoms with Gasteiger partial charge in [0.05, 0.1) is 0 Å². The second-order valence-corrected chi connectivity index (χ2v) is 6.50. The van der Waals surface area contributed by atoms with Gasteiger partial charge in [0, 0.05) is 35.0 Å². The van der Waals surface area contributed by atoms with Gasteiger partial charge in [-0.05, 0) is 60.7 Å². The molecule has 2 amide bonds. The molecule has 3 rings (SSSR count). The van der Waals surface area contributed by atoms with Gasteiger partial charge in [0.15, 0.2) is 0 Å². The zero-order valence-electron chi connectivity index (χ0n) is 14.1. The second-order valence-electron chi connectivity index (χ2n) is 5.41. The minimum absolute atomic E-state index is 0.163. The first-order valence-corrected chi connectivity index (χ1v) is 8.80. The van der Waals surface area contributed by atoms with E-state index in [-0.39, 0.29) is 11.8 Å². The SMILES string of the molecule is CNC(=O)c1ccc(NC(=O)c2ccc(Sc3ccccn3)cc2)cc1. The number of benzene rings is 2. The van der Waals surface area contributed by atoms with Crippen LogP contribution in [-0.4, -0.2) is 23.8 Å². The van der Waals surface area contributed by atoms with Crippen molar-refractivity contribution in [2.24, 2.45) is 0 Å². The minimum Gasteiger partial charge on any atom is -0.355 e. The maximum absolute atomic E-state index is 12.3. The fraction of sp³-hybridized carbons (Fsp3) is 0.0500. The molecule has 1 aromatic heterocycles. The molecule has 0 aliphatic carbocycles. The van der Waals surface area contributed by atoms with Crippen LogP contribution >= 0.6 is 11.8 Å². The molecule has 0 aliphatic rings. The highest BCUT2D eigenvalue weighted by atomic mass is 32.2. The van der Waals surface area contributed by atoms with Gasteiger partial charge in [-0.15, -0.1) is 0 Å². The number of hydrogen-bond acceptors (Lipinski definition) is 4. The molecular formula is C20H17N3O2S. The van der Waals surface area contributed by atoms with Gasteiger partial charge in [-0.2, -0.15) is 0 Å². The van der Waals surface area contributed by atoms with Crippen LogP contribution in [0.1, 0.15) is 20.7 Å². The number of aromatic nitrogens is 1. The van der Waals surface area contributed by atoms with E-state index >= 15 is 0 Å². The lowest BCUT2D eigenvalue weighted by Gasteiger charge is -2.07. The molecule has 2 N–H and O–H groups in total. The van der Waals surface area contributed by atoms with E-state index in [2.05, 4.69) is 15.6 Å². The van der Waals surface area contributed by atoms with Crippen molar-refractivity contribution in [2.45, 2.75) is 9.92 Å². The van der Waals surface area contributed by atoms with E-state index in [9.17, 15) is 9.59 Å². The van der Waals surface area contributed by atoms with E-state index in [1.54, 1.807) is 49.6 Å². The summed E-state index contributed by atoms with van der Waals surface area (Å²) in [5, 5.41) is 6.28. The van der Waals surface area contributed by atoms with Crippen molar-refractivity contribution >= 4 is 29.3 Å². The van der Waals surface area contributed by atoms with Gasteiger partial charge in [-0.1, -0.05) is 17.8 Å². The summed E-state index contributed by atoms with van der Waals surface area (Å²) in [4.78, 5) is 29.2. The molecule has 3 aromatic rings. The fourth-order valence-corrected chi connectivity index (χ4v) is 3.03. The lowest BCUT2D eigenvalue weighted by molar-refractivity contribution is 0.0962. The molecule has 0 radical (unpaired) electrons. The van der Waals surface area contributed by atoms with Crippen molar-refractivity contribution in [3.8, 4) is 0 Å². The van der Waals surface area contributed by atoms with Crippen molar-refractivity contribution in [1.82, 2.24) is 10.3 Å². The summed E-state index contributed by atoms with van der Waals surface area (Å²) < 4.78 is 0. The molecule has 0 aliphatic heterocycles. The number of nitrogens with one attached hydrogen (secondary N) is 2. The number of rotatable bonds is 5. The molecular weight excluding hydrogens is 346 g/mol. The van der Waals surface area contributed by atoms with E-state index in [1.807, 2.05) is 30.3 Å². The van der Waals surface area contributed by atoms with Gasteiger partial charge >= 0.3 is 0 Å². The quantitative estimate of drug-likeness (QED) is 0.722.